The Morgan fingerprint density at radius 3 is 1.01 bits per heavy atom. The van der Waals surface area contributed by atoms with Gasteiger partial charge in [-0.3, -0.25) is 0 Å². The van der Waals surface area contributed by atoms with Crippen LogP contribution in [0.4, 0.5) is 0 Å². The van der Waals surface area contributed by atoms with E-state index in [1.807, 2.05) is 0 Å². The van der Waals surface area contributed by atoms with Gasteiger partial charge in [0, 0.05) is 49.4 Å². The molecule has 84 heavy (non-hydrogen) atoms. The highest BCUT2D eigenvalue weighted by molar-refractivity contribution is 6.13. The molecule has 0 aliphatic rings. The van der Waals surface area contributed by atoms with Gasteiger partial charge in [-0.15, -0.1) is 0 Å². The van der Waals surface area contributed by atoms with Crippen LogP contribution < -0.4 is 0 Å². The molecule has 0 amide bonds. The van der Waals surface area contributed by atoms with E-state index >= 15 is 0 Å². The summed E-state index contributed by atoms with van der Waals surface area (Å²) in [5, 5.41) is 4.79. The molecule has 0 radical (unpaired) electrons. The highest BCUT2D eigenvalue weighted by Gasteiger charge is 2.27. The molecule has 0 atom stereocenters. The van der Waals surface area contributed by atoms with Gasteiger partial charge >= 0.3 is 0 Å². The number of rotatable bonds is 8. The predicted octanol–water partition coefficient (Wildman–Crippen LogP) is 21.3. The van der Waals surface area contributed by atoms with Gasteiger partial charge in [0.2, 0.25) is 0 Å². The average molecular weight is 1090 g/mol. The highest BCUT2D eigenvalue weighted by Crippen LogP contribution is 2.45. The number of benzene rings is 10. The van der Waals surface area contributed by atoms with Crippen molar-refractivity contribution in [2.24, 2.45) is 0 Å². The molecule has 5 nitrogen and oxygen atoms in total. The van der Waals surface area contributed by atoms with Gasteiger partial charge in [0.05, 0.1) is 33.4 Å². The van der Waals surface area contributed by atoms with E-state index in [1.54, 1.807) is 0 Å². The van der Waals surface area contributed by atoms with Gasteiger partial charge in [-0.1, -0.05) is 223 Å². The topological polar surface area (TPSA) is 48.5 Å². The molecule has 3 aromatic heterocycles. The Kier molecular flexibility index (Phi) is 13.1. The maximum Gasteiger partial charge on any atom is 0.164 e. The molecule has 0 unspecified atom stereocenters. The van der Waals surface area contributed by atoms with E-state index in [0.29, 0.717) is 17.5 Å². The van der Waals surface area contributed by atoms with Crippen molar-refractivity contribution in [2.75, 3.05) is 0 Å². The summed E-state index contributed by atoms with van der Waals surface area (Å²) >= 11 is 0. The van der Waals surface area contributed by atoms with Gasteiger partial charge in [0.25, 0.3) is 0 Å². The lowest BCUT2D eigenvalue weighted by Gasteiger charge is -2.26. The Labute approximate surface area is 495 Å². The molecular formula is C79H73N5. The van der Waals surface area contributed by atoms with Crippen LogP contribution in [0.2, 0.25) is 0 Å². The van der Waals surface area contributed by atoms with Crippen molar-refractivity contribution in [2.45, 2.75) is 105 Å². The fourth-order valence-corrected chi connectivity index (χ4v) is 12.1. The second kappa shape index (κ2) is 20.3. The maximum atomic E-state index is 5.61. The molecule has 13 rings (SSSR count). The zero-order chi connectivity index (χ0) is 58.5. The Balaban J connectivity index is 1.11. The molecule has 13 aromatic rings. The summed E-state index contributed by atoms with van der Waals surface area (Å²) in [5.41, 5.74) is 20.8. The Morgan fingerprint density at radius 1 is 0.238 bits per heavy atom. The van der Waals surface area contributed by atoms with Crippen molar-refractivity contribution in [1.82, 2.24) is 24.1 Å². The SMILES string of the molecule is CC(C)(C)c1cc(-c2nc(-c3cc(C(C)(C)C)cc(C(C)(C)C)c3)nc(-c3ccc(-n4c5ccccc5c5cc(-c6ccccc6)ccc54)c(-c4ccccc4-n4c5ccccc5c5cc(-c6ccccc6)ccc54)c3)n2)cc(C(C)(C)C)c1. The molecule has 0 saturated heterocycles. The van der Waals surface area contributed by atoms with Gasteiger partial charge in [-0.25, -0.2) is 15.0 Å². The lowest BCUT2D eigenvalue weighted by Crippen LogP contribution is -2.17. The third-order valence-corrected chi connectivity index (χ3v) is 17.0. The standard InChI is InChI=1S/C79H73N5/c1-76(2,3)57-41-55(42-58(48-57)77(4,5)6)74-80-73(81-75(82-74)56-43-59(78(7,8)9)49-60(44-56)79(10,11)12)54-37-40-72(84-69-34-24-20-30-62(69)65-46-53(36-39-71(65)84)51-27-17-14-18-28-51)66(47-54)63-31-21-23-33-68(63)83-67-32-22-19-29-61(67)64-45-52(35-38-70(64)83)50-25-15-13-16-26-50/h13-49H,1-12H3. The first-order chi connectivity index (χ1) is 40.2. The number of fused-ring (bicyclic) bond motifs is 6. The normalized spacial score (nSPS) is 12.5. The van der Waals surface area contributed by atoms with Crippen LogP contribution in [-0.4, -0.2) is 24.1 Å². The smallest absolute Gasteiger partial charge is 0.164 e. The van der Waals surface area contributed by atoms with E-state index < -0.39 is 0 Å². The number of para-hydroxylation sites is 3. The van der Waals surface area contributed by atoms with E-state index in [-0.39, 0.29) is 21.7 Å². The third kappa shape index (κ3) is 9.89. The number of hydrogen-bond donors (Lipinski definition) is 0. The highest BCUT2D eigenvalue weighted by atomic mass is 15.0. The van der Waals surface area contributed by atoms with Gasteiger partial charge in [0.1, 0.15) is 0 Å². The summed E-state index contributed by atoms with van der Waals surface area (Å²) in [6.45, 7) is 27.5. The first-order valence-corrected chi connectivity index (χ1v) is 29.7. The fraction of sp³-hybridized carbons (Fsp3) is 0.203. The minimum atomic E-state index is -0.119. The van der Waals surface area contributed by atoms with Gasteiger partial charge < -0.3 is 9.13 Å². The molecule has 0 fully saturated rings. The van der Waals surface area contributed by atoms with Crippen molar-refractivity contribution < 1.29 is 0 Å². The number of aromatic nitrogens is 5. The summed E-state index contributed by atoms with van der Waals surface area (Å²) in [6, 6.07) is 82.7. The van der Waals surface area contributed by atoms with Crippen LogP contribution in [0, 0.1) is 0 Å². The van der Waals surface area contributed by atoms with Crippen LogP contribution in [0.3, 0.4) is 0 Å². The quantitative estimate of drug-likeness (QED) is 0.152. The second-order valence-corrected chi connectivity index (χ2v) is 27.1. The van der Waals surface area contributed by atoms with E-state index in [9.17, 15) is 0 Å². The van der Waals surface area contributed by atoms with E-state index in [0.717, 1.165) is 61.3 Å². The molecule has 10 aromatic carbocycles. The molecular weight excluding hydrogens is 1020 g/mol. The van der Waals surface area contributed by atoms with E-state index in [2.05, 4.69) is 317 Å². The Hall–Kier alpha value is -9.19. The van der Waals surface area contributed by atoms with Crippen molar-refractivity contribution in [1.29, 1.82) is 0 Å². The van der Waals surface area contributed by atoms with Crippen LogP contribution in [-0.2, 0) is 21.7 Å². The van der Waals surface area contributed by atoms with Crippen LogP contribution in [0.5, 0.6) is 0 Å². The zero-order valence-corrected chi connectivity index (χ0v) is 50.6. The molecule has 0 N–H and O–H groups in total. The summed E-state index contributed by atoms with van der Waals surface area (Å²) in [4.78, 5) is 16.7. The van der Waals surface area contributed by atoms with Crippen LogP contribution in [0.25, 0.3) is 123 Å². The van der Waals surface area contributed by atoms with Gasteiger partial charge in [0.15, 0.2) is 17.5 Å². The van der Waals surface area contributed by atoms with E-state index in [4.69, 9.17) is 15.0 Å². The first-order valence-electron chi connectivity index (χ1n) is 29.7. The van der Waals surface area contributed by atoms with Crippen LogP contribution in [0.15, 0.2) is 224 Å². The minimum Gasteiger partial charge on any atom is -0.309 e. The summed E-state index contributed by atoms with van der Waals surface area (Å²) in [6.07, 6.45) is 0. The monoisotopic (exact) mass is 1090 g/mol. The Bertz CT molecular complexity index is 4520. The number of hydrogen-bond acceptors (Lipinski definition) is 3. The molecule has 3 heterocycles. The molecule has 0 bridgehead atoms. The molecule has 0 saturated carbocycles. The number of nitrogens with zero attached hydrogens (tertiary/aromatic N) is 5. The summed E-state index contributed by atoms with van der Waals surface area (Å²) < 4.78 is 4.93. The fourth-order valence-electron chi connectivity index (χ4n) is 12.1. The third-order valence-electron chi connectivity index (χ3n) is 17.0. The first kappa shape index (κ1) is 54.1. The average Bonchev–Trinajstić information content (AvgIpc) is 1.73. The van der Waals surface area contributed by atoms with E-state index in [1.165, 1.54) is 66.1 Å². The lowest BCUT2D eigenvalue weighted by atomic mass is 9.79. The van der Waals surface area contributed by atoms with Crippen molar-refractivity contribution in [3.05, 3.63) is 247 Å². The predicted molar refractivity (Wildman–Crippen MR) is 356 cm³/mol. The van der Waals surface area contributed by atoms with Crippen LogP contribution in [0.1, 0.15) is 105 Å². The summed E-state index contributed by atoms with van der Waals surface area (Å²) in [7, 11) is 0. The van der Waals surface area contributed by atoms with Crippen molar-refractivity contribution in [3.63, 3.8) is 0 Å². The molecule has 0 aliphatic heterocycles. The van der Waals surface area contributed by atoms with Gasteiger partial charge in [-0.05, 0) is 151 Å². The van der Waals surface area contributed by atoms with Crippen molar-refractivity contribution in [3.8, 4) is 78.9 Å². The second-order valence-electron chi connectivity index (χ2n) is 27.1. The van der Waals surface area contributed by atoms with Crippen molar-refractivity contribution >= 4 is 43.6 Å². The summed E-state index contributed by atoms with van der Waals surface area (Å²) in [5.74, 6) is 1.90. The van der Waals surface area contributed by atoms with Crippen LogP contribution >= 0.6 is 0 Å². The molecule has 5 heteroatoms. The molecule has 0 aliphatic carbocycles. The molecule has 414 valence electrons. The minimum absolute atomic E-state index is 0.119. The Morgan fingerprint density at radius 2 is 0.583 bits per heavy atom. The largest absolute Gasteiger partial charge is 0.309 e. The zero-order valence-electron chi connectivity index (χ0n) is 50.6. The van der Waals surface area contributed by atoms with Gasteiger partial charge in [-0.2, -0.15) is 0 Å². The molecule has 0 spiro atoms. The maximum absolute atomic E-state index is 5.61. The lowest BCUT2D eigenvalue weighted by molar-refractivity contribution is 0.568.